The summed E-state index contributed by atoms with van der Waals surface area (Å²) >= 11 is 0. The highest BCUT2D eigenvalue weighted by Gasteiger charge is 2.09. The lowest BCUT2D eigenvalue weighted by Gasteiger charge is -2.13. The highest BCUT2D eigenvalue weighted by molar-refractivity contribution is 5.76. The predicted octanol–water partition coefficient (Wildman–Crippen LogP) is 1.64. The minimum atomic E-state index is -0.573. The van der Waals surface area contributed by atoms with Gasteiger partial charge in [-0.2, -0.15) is 0 Å². The van der Waals surface area contributed by atoms with E-state index >= 15 is 0 Å². The molecule has 0 fully saturated rings. The number of esters is 1. The van der Waals surface area contributed by atoms with Crippen LogP contribution < -0.4 is 5.32 Å². The molecule has 1 atom stereocenters. The number of hydrogen-bond acceptors (Lipinski definition) is 3. The summed E-state index contributed by atoms with van der Waals surface area (Å²) < 4.78 is 4.80. The van der Waals surface area contributed by atoms with E-state index in [1.807, 2.05) is 30.3 Å². The number of carbonyl (C=O) groups excluding carboxylic acids is 2. The molecule has 1 N–H and O–H groups in total. The Bertz CT molecular complexity index is 376. The molecule has 4 nitrogen and oxygen atoms in total. The van der Waals surface area contributed by atoms with Crippen LogP contribution in [0, 0.1) is 0 Å². The molecule has 0 aliphatic carbocycles. The Morgan fingerprint density at radius 3 is 2.53 bits per heavy atom. The molecule has 92 valence electrons. The summed E-state index contributed by atoms with van der Waals surface area (Å²) in [5.41, 5.74) is 1.11. The van der Waals surface area contributed by atoms with Gasteiger partial charge in [0.15, 0.2) is 6.23 Å². The molecule has 0 radical (unpaired) electrons. The Morgan fingerprint density at radius 2 is 1.94 bits per heavy atom. The number of nitrogens with one attached hydrogen (secondary N) is 1. The molecule has 1 unspecified atom stereocenters. The SMILES string of the molecule is CC(=O)OC(C)NC(=O)CCc1ccccc1. The van der Waals surface area contributed by atoms with Crippen molar-refractivity contribution in [2.24, 2.45) is 0 Å². The molecular weight excluding hydrogens is 218 g/mol. The topological polar surface area (TPSA) is 55.4 Å². The molecule has 0 aliphatic rings. The van der Waals surface area contributed by atoms with Crippen molar-refractivity contribution < 1.29 is 14.3 Å². The second-order valence-electron chi connectivity index (χ2n) is 3.80. The van der Waals surface area contributed by atoms with Crippen LogP contribution in [0.4, 0.5) is 0 Å². The molecule has 0 aliphatic heterocycles. The van der Waals surface area contributed by atoms with Crippen LogP contribution in [-0.2, 0) is 20.7 Å². The van der Waals surface area contributed by atoms with Crippen LogP contribution in [0.25, 0.3) is 0 Å². The van der Waals surface area contributed by atoms with Crippen molar-refractivity contribution in [2.75, 3.05) is 0 Å². The second-order valence-corrected chi connectivity index (χ2v) is 3.80. The molecule has 17 heavy (non-hydrogen) atoms. The van der Waals surface area contributed by atoms with Crippen LogP contribution in [0.2, 0.25) is 0 Å². The van der Waals surface area contributed by atoms with Crippen molar-refractivity contribution in [3.63, 3.8) is 0 Å². The fraction of sp³-hybridized carbons (Fsp3) is 0.385. The molecule has 1 amide bonds. The number of hydrogen-bond donors (Lipinski definition) is 1. The largest absolute Gasteiger partial charge is 0.442 e. The zero-order chi connectivity index (χ0) is 12.7. The summed E-state index contributed by atoms with van der Waals surface area (Å²) in [6.45, 7) is 2.94. The van der Waals surface area contributed by atoms with Gasteiger partial charge in [-0.05, 0) is 18.9 Å². The first-order valence-electron chi connectivity index (χ1n) is 5.58. The van der Waals surface area contributed by atoms with Gasteiger partial charge in [-0.1, -0.05) is 30.3 Å². The smallest absolute Gasteiger partial charge is 0.304 e. The van der Waals surface area contributed by atoms with Crippen LogP contribution >= 0.6 is 0 Å². The lowest BCUT2D eigenvalue weighted by atomic mass is 10.1. The fourth-order valence-corrected chi connectivity index (χ4v) is 1.48. The van der Waals surface area contributed by atoms with Gasteiger partial charge in [0.25, 0.3) is 0 Å². The van der Waals surface area contributed by atoms with E-state index < -0.39 is 12.2 Å². The molecule has 1 aromatic rings. The van der Waals surface area contributed by atoms with Gasteiger partial charge in [0.2, 0.25) is 5.91 Å². The van der Waals surface area contributed by atoms with E-state index in [2.05, 4.69) is 5.32 Å². The molecule has 0 bridgehead atoms. The summed E-state index contributed by atoms with van der Waals surface area (Å²) in [7, 11) is 0. The normalized spacial score (nSPS) is 11.6. The molecule has 0 heterocycles. The van der Waals surface area contributed by atoms with Crippen LogP contribution in [0.5, 0.6) is 0 Å². The third-order valence-corrected chi connectivity index (χ3v) is 2.19. The van der Waals surface area contributed by atoms with E-state index in [9.17, 15) is 9.59 Å². The van der Waals surface area contributed by atoms with Gasteiger partial charge in [0, 0.05) is 13.3 Å². The van der Waals surface area contributed by atoms with E-state index in [0.29, 0.717) is 12.8 Å². The number of rotatable bonds is 5. The molecular formula is C13H17NO3. The summed E-state index contributed by atoms with van der Waals surface area (Å²) in [6.07, 6.45) is 0.491. The van der Waals surface area contributed by atoms with Gasteiger partial charge < -0.3 is 10.1 Å². The zero-order valence-electron chi connectivity index (χ0n) is 10.1. The minimum Gasteiger partial charge on any atom is -0.442 e. The van der Waals surface area contributed by atoms with Gasteiger partial charge in [0.1, 0.15) is 0 Å². The first-order valence-corrected chi connectivity index (χ1v) is 5.58. The highest BCUT2D eigenvalue weighted by Crippen LogP contribution is 2.02. The van der Waals surface area contributed by atoms with E-state index in [1.165, 1.54) is 6.92 Å². The maximum atomic E-state index is 11.5. The third kappa shape index (κ3) is 5.70. The molecule has 0 spiro atoms. The Balaban J connectivity index is 2.28. The molecule has 0 saturated carbocycles. The Morgan fingerprint density at radius 1 is 1.29 bits per heavy atom. The first-order chi connectivity index (χ1) is 8.08. The quantitative estimate of drug-likeness (QED) is 0.623. The van der Waals surface area contributed by atoms with E-state index in [1.54, 1.807) is 6.92 Å². The van der Waals surface area contributed by atoms with Crippen LogP contribution in [0.1, 0.15) is 25.8 Å². The highest BCUT2D eigenvalue weighted by atomic mass is 16.6. The summed E-state index contributed by atoms with van der Waals surface area (Å²) in [5.74, 6) is -0.525. The van der Waals surface area contributed by atoms with Gasteiger partial charge in [0.05, 0.1) is 0 Å². The van der Waals surface area contributed by atoms with E-state index in [4.69, 9.17) is 4.74 Å². The molecule has 0 aromatic heterocycles. The lowest BCUT2D eigenvalue weighted by molar-refractivity contribution is -0.148. The number of benzene rings is 1. The van der Waals surface area contributed by atoms with Crippen LogP contribution in [-0.4, -0.2) is 18.1 Å². The van der Waals surface area contributed by atoms with Gasteiger partial charge in [-0.25, -0.2) is 0 Å². The maximum Gasteiger partial charge on any atom is 0.304 e. The van der Waals surface area contributed by atoms with E-state index in [0.717, 1.165) is 5.56 Å². The van der Waals surface area contributed by atoms with Crippen LogP contribution in [0.15, 0.2) is 30.3 Å². The van der Waals surface area contributed by atoms with Crippen molar-refractivity contribution in [2.45, 2.75) is 32.9 Å². The second kappa shape index (κ2) is 6.68. The Labute approximate surface area is 101 Å². The Hall–Kier alpha value is -1.84. The molecule has 1 rings (SSSR count). The van der Waals surface area contributed by atoms with Crippen molar-refractivity contribution >= 4 is 11.9 Å². The van der Waals surface area contributed by atoms with Crippen molar-refractivity contribution in [3.05, 3.63) is 35.9 Å². The number of carbonyl (C=O) groups is 2. The predicted molar refractivity (Wildman–Crippen MR) is 64.1 cm³/mol. The molecule has 4 heteroatoms. The van der Waals surface area contributed by atoms with Crippen LogP contribution in [0.3, 0.4) is 0 Å². The number of aryl methyl sites for hydroxylation is 1. The minimum absolute atomic E-state index is 0.123. The summed E-state index contributed by atoms with van der Waals surface area (Å²) in [6, 6.07) is 9.77. The van der Waals surface area contributed by atoms with Gasteiger partial charge in [-0.15, -0.1) is 0 Å². The third-order valence-electron chi connectivity index (χ3n) is 2.19. The number of ether oxygens (including phenoxy) is 1. The first kappa shape index (κ1) is 13.2. The zero-order valence-corrected chi connectivity index (χ0v) is 10.1. The van der Waals surface area contributed by atoms with Crippen molar-refractivity contribution in [3.8, 4) is 0 Å². The summed E-state index contributed by atoms with van der Waals surface area (Å²) in [5, 5.41) is 2.60. The number of amides is 1. The van der Waals surface area contributed by atoms with Crippen molar-refractivity contribution in [1.29, 1.82) is 0 Å². The summed E-state index contributed by atoms with van der Waals surface area (Å²) in [4.78, 5) is 22.1. The average molecular weight is 235 g/mol. The standard InChI is InChI=1S/C13H17NO3/c1-10(17-11(2)15)14-13(16)9-8-12-6-4-3-5-7-12/h3-7,10H,8-9H2,1-2H3,(H,14,16). The lowest BCUT2D eigenvalue weighted by Crippen LogP contribution is -2.35. The fourth-order valence-electron chi connectivity index (χ4n) is 1.48. The van der Waals surface area contributed by atoms with E-state index in [-0.39, 0.29) is 5.91 Å². The monoisotopic (exact) mass is 235 g/mol. The Kier molecular flexibility index (Phi) is 5.20. The molecule has 1 aromatic carbocycles. The maximum absolute atomic E-state index is 11.5. The van der Waals surface area contributed by atoms with Gasteiger partial charge in [-0.3, -0.25) is 9.59 Å². The average Bonchev–Trinajstić information content (AvgIpc) is 2.26. The van der Waals surface area contributed by atoms with Crippen molar-refractivity contribution in [1.82, 2.24) is 5.32 Å². The van der Waals surface area contributed by atoms with Gasteiger partial charge >= 0.3 is 5.97 Å². The molecule has 0 saturated heterocycles.